The number of carbonyl (C=O) groups excluding carboxylic acids is 1. The fourth-order valence-corrected chi connectivity index (χ4v) is 3.87. The van der Waals surface area contributed by atoms with Crippen molar-refractivity contribution in [1.29, 1.82) is 0 Å². The molecule has 0 aromatic rings. The van der Waals surface area contributed by atoms with E-state index in [1.165, 1.54) is 0 Å². The fourth-order valence-electron chi connectivity index (χ4n) is 1.46. The largest absolute Gasteiger partial charge is 0.395 e. The Balaban J connectivity index is 3.79. The zero-order valence-corrected chi connectivity index (χ0v) is 11.3. The number of hydrogen-bond donors (Lipinski definition) is 3. The first-order valence-electron chi connectivity index (χ1n) is 5.60. The number of carbonyl (C=O) groups is 1. The van der Waals surface area contributed by atoms with E-state index in [0.29, 0.717) is 19.8 Å². The zero-order chi connectivity index (χ0) is 12.4. The quantitative estimate of drug-likeness (QED) is 0.194. The molecule has 0 fully saturated rings. The summed E-state index contributed by atoms with van der Waals surface area (Å²) in [5, 5.41) is 2.63. The van der Waals surface area contributed by atoms with Crippen molar-refractivity contribution < 1.29 is 13.6 Å². The third-order valence-corrected chi connectivity index (χ3v) is 5.18. The summed E-state index contributed by atoms with van der Waals surface area (Å²) in [5.41, 5.74) is 2.01. The molecule has 0 aliphatic carbocycles. The normalized spacial score (nSPS) is 11.2. The van der Waals surface area contributed by atoms with E-state index in [4.69, 9.17) is 14.7 Å². The zero-order valence-electron chi connectivity index (χ0n) is 10.3. The number of nitrogens with two attached hydrogens (primary N) is 1. The summed E-state index contributed by atoms with van der Waals surface area (Å²) in [7, 11) is -2.03. The predicted molar refractivity (Wildman–Crippen MR) is 65.0 cm³/mol. The van der Waals surface area contributed by atoms with Gasteiger partial charge in [0.05, 0.1) is 0 Å². The summed E-state index contributed by atoms with van der Waals surface area (Å²) in [6.45, 7) is 7.88. The molecule has 6 nitrogen and oxygen atoms in total. The van der Waals surface area contributed by atoms with Gasteiger partial charge in [-0.2, -0.15) is 0 Å². The summed E-state index contributed by atoms with van der Waals surface area (Å²) >= 11 is 0. The summed E-state index contributed by atoms with van der Waals surface area (Å²) in [6, 6.07) is 0.496. The van der Waals surface area contributed by atoms with E-state index < -0.39 is 8.56 Å². The Morgan fingerprint density at radius 2 is 1.88 bits per heavy atom. The molecule has 0 saturated carbocycles. The van der Waals surface area contributed by atoms with Crippen molar-refractivity contribution >= 4 is 14.6 Å². The molecule has 0 atom stereocenters. The highest BCUT2D eigenvalue weighted by atomic mass is 28.4. The number of urea groups is 1. The summed E-state index contributed by atoms with van der Waals surface area (Å²) in [5.74, 6) is 4.93. The molecule has 96 valence electrons. The lowest BCUT2D eigenvalue weighted by Gasteiger charge is -2.25. The van der Waals surface area contributed by atoms with E-state index in [-0.39, 0.29) is 6.03 Å². The number of amides is 2. The number of rotatable bonds is 8. The maximum Gasteiger partial charge on any atom is 0.334 e. The van der Waals surface area contributed by atoms with Crippen LogP contribution in [-0.2, 0) is 8.85 Å². The minimum Gasteiger partial charge on any atom is -0.395 e. The van der Waals surface area contributed by atoms with Gasteiger partial charge in [0.15, 0.2) is 0 Å². The highest BCUT2D eigenvalue weighted by molar-refractivity contribution is 6.66. The van der Waals surface area contributed by atoms with Gasteiger partial charge in [0.25, 0.3) is 0 Å². The summed E-state index contributed by atoms with van der Waals surface area (Å²) < 4.78 is 11.3. The molecule has 4 N–H and O–H groups in total. The Bertz CT molecular complexity index is 198. The van der Waals surface area contributed by atoms with Crippen LogP contribution in [0.4, 0.5) is 4.79 Å². The lowest BCUT2D eigenvalue weighted by atomic mass is 10.5. The van der Waals surface area contributed by atoms with Gasteiger partial charge in [-0.25, -0.2) is 10.6 Å². The average Bonchev–Trinajstić information content (AvgIpc) is 2.25. The Labute approximate surface area is 98.1 Å². The van der Waals surface area contributed by atoms with E-state index in [9.17, 15) is 4.79 Å². The lowest BCUT2D eigenvalue weighted by Crippen LogP contribution is -2.42. The van der Waals surface area contributed by atoms with Gasteiger partial charge in [-0.15, -0.1) is 0 Å². The fraction of sp³-hybridized carbons (Fsp3) is 0.889. The third-order valence-electron chi connectivity index (χ3n) is 2.12. The molecular weight excluding hydrogens is 226 g/mol. The van der Waals surface area contributed by atoms with E-state index in [1.54, 1.807) is 0 Å². The van der Waals surface area contributed by atoms with Crippen LogP contribution in [0.3, 0.4) is 0 Å². The molecular formula is C9H23N3O3Si. The Morgan fingerprint density at radius 1 is 1.31 bits per heavy atom. The van der Waals surface area contributed by atoms with Crippen LogP contribution in [-0.4, -0.2) is 34.4 Å². The van der Waals surface area contributed by atoms with E-state index in [2.05, 4.69) is 5.32 Å². The van der Waals surface area contributed by atoms with Gasteiger partial charge in [-0.1, -0.05) is 0 Å². The first-order chi connectivity index (χ1) is 7.58. The second kappa shape index (κ2) is 8.51. The monoisotopic (exact) mass is 249 g/mol. The van der Waals surface area contributed by atoms with Crippen molar-refractivity contribution in [1.82, 2.24) is 10.7 Å². The highest BCUT2D eigenvalue weighted by Gasteiger charge is 2.29. The number of hydrogen-bond acceptors (Lipinski definition) is 4. The minimum atomic E-state index is -2.03. The van der Waals surface area contributed by atoms with Gasteiger partial charge in [-0.05, 0) is 32.9 Å². The van der Waals surface area contributed by atoms with Crippen LogP contribution in [0, 0.1) is 0 Å². The van der Waals surface area contributed by atoms with Gasteiger partial charge < -0.3 is 14.2 Å². The molecule has 0 aliphatic rings. The first kappa shape index (κ1) is 15.4. The standard InChI is InChI=1S/C9H23N3O3Si/c1-4-14-16(3,15-5-2)8-6-7-11-9(13)12-10/h4-8,10H2,1-3H3,(H2,11,12,13). The second-order valence-electron chi connectivity index (χ2n) is 3.50. The van der Waals surface area contributed by atoms with Gasteiger partial charge in [-0.3, -0.25) is 5.43 Å². The maximum atomic E-state index is 10.8. The van der Waals surface area contributed by atoms with E-state index in [1.807, 2.05) is 25.8 Å². The van der Waals surface area contributed by atoms with Crippen LogP contribution in [0.5, 0.6) is 0 Å². The van der Waals surface area contributed by atoms with E-state index in [0.717, 1.165) is 12.5 Å². The van der Waals surface area contributed by atoms with Crippen LogP contribution in [0.15, 0.2) is 0 Å². The van der Waals surface area contributed by atoms with Crippen molar-refractivity contribution in [3.63, 3.8) is 0 Å². The summed E-state index contributed by atoms with van der Waals surface area (Å²) in [4.78, 5) is 10.8. The molecule has 16 heavy (non-hydrogen) atoms. The lowest BCUT2D eigenvalue weighted by molar-refractivity contribution is 0.188. The van der Waals surface area contributed by atoms with E-state index >= 15 is 0 Å². The van der Waals surface area contributed by atoms with Crippen molar-refractivity contribution in [2.45, 2.75) is 32.9 Å². The molecule has 2 amide bonds. The predicted octanol–water partition coefficient (Wildman–Crippen LogP) is 0.694. The molecule has 0 rings (SSSR count). The second-order valence-corrected chi connectivity index (χ2v) is 6.85. The molecule has 0 saturated heterocycles. The molecule has 7 heteroatoms. The van der Waals surface area contributed by atoms with Crippen molar-refractivity contribution in [2.24, 2.45) is 5.84 Å². The van der Waals surface area contributed by atoms with Crippen molar-refractivity contribution in [3.8, 4) is 0 Å². The number of hydrazine groups is 1. The highest BCUT2D eigenvalue weighted by Crippen LogP contribution is 2.15. The van der Waals surface area contributed by atoms with Gasteiger partial charge in [0, 0.05) is 19.8 Å². The van der Waals surface area contributed by atoms with Crippen LogP contribution >= 0.6 is 0 Å². The SMILES string of the molecule is CCO[Si](C)(CCCNC(=O)NN)OCC. The van der Waals surface area contributed by atoms with Crippen LogP contribution < -0.4 is 16.6 Å². The minimum absolute atomic E-state index is 0.365. The van der Waals surface area contributed by atoms with Crippen LogP contribution in [0.2, 0.25) is 12.6 Å². The molecule has 0 spiro atoms. The Morgan fingerprint density at radius 3 is 2.31 bits per heavy atom. The van der Waals surface area contributed by atoms with Crippen LogP contribution in [0.1, 0.15) is 20.3 Å². The van der Waals surface area contributed by atoms with Crippen molar-refractivity contribution in [2.75, 3.05) is 19.8 Å². The molecule has 0 aromatic heterocycles. The first-order valence-corrected chi connectivity index (χ1v) is 8.12. The number of nitrogens with one attached hydrogen (secondary N) is 2. The van der Waals surface area contributed by atoms with Crippen LogP contribution in [0.25, 0.3) is 0 Å². The smallest absolute Gasteiger partial charge is 0.334 e. The Hall–Kier alpha value is -0.633. The Kier molecular flexibility index (Phi) is 8.17. The molecule has 0 radical (unpaired) electrons. The third kappa shape index (κ3) is 6.78. The van der Waals surface area contributed by atoms with Gasteiger partial charge in [0.2, 0.25) is 0 Å². The summed E-state index contributed by atoms with van der Waals surface area (Å²) in [6.07, 6.45) is 0.830. The molecule has 0 bridgehead atoms. The molecule has 0 unspecified atom stereocenters. The van der Waals surface area contributed by atoms with Gasteiger partial charge in [0.1, 0.15) is 0 Å². The molecule has 0 heterocycles. The average molecular weight is 249 g/mol. The topological polar surface area (TPSA) is 85.6 Å². The molecule has 0 aliphatic heterocycles. The maximum absolute atomic E-state index is 10.8. The van der Waals surface area contributed by atoms with Crippen molar-refractivity contribution in [3.05, 3.63) is 0 Å². The van der Waals surface area contributed by atoms with Gasteiger partial charge >= 0.3 is 14.6 Å². The molecule has 0 aromatic carbocycles.